The van der Waals surface area contributed by atoms with Crippen molar-refractivity contribution >= 4 is 23.2 Å². The highest BCUT2D eigenvalue weighted by atomic mass is 35.5. The molecule has 78 valence electrons. The predicted molar refractivity (Wildman–Crippen MR) is 59.8 cm³/mol. The molecule has 1 rings (SSSR count). The number of rotatable bonds is 3. The van der Waals surface area contributed by atoms with Gasteiger partial charge in [-0.2, -0.15) is 0 Å². The lowest BCUT2D eigenvalue weighted by atomic mass is 10.2. The van der Waals surface area contributed by atoms with Gasteiger partial charge in [0.1, 0.15) is 5.75 Å². The Hall–Kier alpha value is -1.66. The van der Waals surface area contributed by atoms with E-state index in [0.717, 1.165) is 0 Å². The van der Waals surface area contributed by atoms with Crippen LogP contribution in [0.5, 0.6) is 5.75 Å². The van der Waals surface area contributed by atoms with Crippen molar-refractivity contribution in [2.75, 3.05) is 5.32 Å². The summed E-state index contributed by atoms with van der Waals surface area (Å²) < 4.78 is 0. The number of phenolic OH excluding ortho intramolecular Hbond substituents is 1. The van der Waals surface area contributed by atoms with Gasteiger partial charge < -0.3 is 10.4 Å². The average Bonchev–Trinajstić information content (AvgIpc) is 2.20. The Morgan fingerprint density at radius 3 is 2.93 bits per heavy atom. The number of hydrogen-bond donors (Lipinski definition) is 2. The number of phenols is 1. The first-order chi connectivity index (χ1) is 7.13. The van der Waals surface area contributed by atoms with Crippen molar-refractivity contribution in [2.45, 2.75) is 12.8 Å². The Kier molecular flexibility index (Phi) is 4.02. The highest BCUT2D eigenvalue weighted by Gasteiger charge is 2.03. The first kappa shape index (κ1) is 11.4. The number of benzene rings is 1. The van der Waals surface area contributed by atoms with Gasteiger partial charge in [0.15, 0.2) is 0 Å². The molecule has 0 aliphatic heterocycles. The van der Waals surface area contributed by atoms with Gasteiger partial charge in [-0.15, -0.1) is 12.3 Å². The van der Waals surface area contributed by atoms with Crippen molar-refractivity contribution in [3.8, 4) is 18.1 Å². The molecule has 2 N–H and O–H groups in total. The maximum absolute atomic E-state index is 11.3. The van der Waals surface area contributed by atoms with Crippen molar-refractivity contribution in [3.63, 3.8) is 0 Å². The predicted octanol–water partition coefficient (Wildman–Crippen LogP) is 2.40. The van der Waals surface area contributed by atoms with Gasteiger partial charge in [0.25, 0.3) is 0 Å². The van der Waals surface area contributed by atoms with Crippen LogP contribution in [0.2, 0.25) is 5.02 Å². The van der Waals surface area contributed by atoms with E-state index in [0.29, 0.717) is 12.1 Å². The molecular weight excluding hydrogens is 214 g/mol. The lowest BCUT2D eigenvalue weighted by molar-refractivity contribution is -0.116. The minimum absolute atomic E-state index is 0.0155. The molecule has 15 heavy (non-hydrogen) atoms. The van der Waals surface area contributed by atoms with E-state index in [4.69, 9.17) is 23.1 Å². The molecule has 0 bridgehead atoms. The summed E-state index contributed by atoms with van der Waals surface area (Å²) in [7, 11) is 0. The fraction of sp³-hybridized carbons (Fsp3) is 0.182. The Morgan fingerprint density at radius 2 is 2.33 bits per heavy atom. The maximum Gasteiger partial charge on any atom is 0.225 e. The van der Waals surface area contributed by atoms with Gasteiger partial charge in [-0.05, 0) is 18.2 Å². The molecule has 0 aromatic heterocycles. The number of terminal acetylenes is 1. The molecule has 0 radical (unpaired) electrons. The summed E-state index contributed by atoms with van der Waals surface area (Å²) in [6.45, 7) is 0. The molecule has 1 amide bonds. The lowest BCUT2D eigenvalue weighted by Gasteiger charge is -2.04. The molecule has 0 atom stereocenters. The smallest absolute Gasteiger partial charge is 0.225 e. The zero-order valence-electron chi connectivity index (χ0n) is 7.96. The fourth-order valence-electron chi connectivity index (χ4n) is 0.994. The minimum atomic E-state index is -0.172. The van der Waals surface area contributed by atoms with Crippen LogP contribution in [0, 0.1) is 12.3 Å². The summed E-state index contributed by atoms with van der Waals surface area (Å²) in [5, 5.41) is 12.0. The van der Waals surface area contributed by atoms with E-state index in [1.165, 1.54) is 12.1 Å². The molecule has 0 aliphatic carbocycles. The number of amides is 1. The molecule has 4 heteroatoms. The maximum atomic E-state index is 11.3. The van der Waals surface area contributed by atoms with E-state index in [-0.39, 0.29) is 23.1 Å². The number of carbonyl (C=O) groups excluding carboxylic acids is 1. The molecule has 0 aliphatic rings. The molecule has 1 aromatic carbocycles. The van der Waals surface area contributed by atoms with Gasteiger partial charge in [0.2, 0.25) is 5.91 Å². The van der Waals surface area contributed by atoms with Crippen molar-refractivity contribution in [1.82, 2.24) is 0 Å². The third-order valence-corrected chi connectivity index (χ3v) is 2.03. The molecule has 0 unspecified atom stereocenters. The van der Waals surface area contributed by atoms with Crippen LogP contribution in [-0.2, 0) is 4.79 Å². The standard InChI is InChI=1S/C11H10ClNO2/c1-2-3-4-11(15)13-8-5-6-10(14)9(12)7-8/h1,5-7,14H,3-4H2,(H,13,15). The van der Waals surface area contributed by atoms with Crippen LogP contribution < -0.4 is 5.32 Å². The highest BCUT2D eigenvalue weighted by molar-refractivity contribution is 6.32. The molecule has 0 fully saturated rings. The Balaban J connectivity index is 2.62. The van der Waals surface area contributed by atoms with Crippen LogP contribution in [0.15, 0.2) is 18.2 Å². The summed E-state index contributed by atoms with van der Waals surface area (Å²) in [5.74, 6) is 2.19. The fourth-order valence-corrected chi connectivity index (χ4v) is 1.17. The Morgan fingerprint density at radius 1 is 1.60 bits per heavy atom. The summed E-state index contributed by atoms with van der Waals surface area (Å²) in [6, 6.07) is 4.46. The molecule has 3 nitrogen and oxygen atoms in total. The van der Waals surface area contributed by atoms with Gasteiger partial charge in [-0.1, -0.05) is 11.6 Å². The summed E-state index contributed by atoms with van der Waals surface area (Å²) >= 11 is 5.67. The minimum Gasteiger partial charge on any atom is -0.506 e. The second kappa shape index (κ2) is 5.28. The summed E-state index contributed by atoms with van der Waals surface area (Å²) in [4.78, 5) is 11.3. The van der Waals surface area contributed by atoms with Crippen LogP contribution in [0.25, 0.3) is 0 Å². The van der Waals surface area contributed by atoms with Gasteiger partial charge in [0.05, 0.1) is 5.02 Å². The second-order valence-corrected chi connectivity index (χ2v) is 3.33. The van der Waals surface area contributed by atoms with Crippen molar-refractivity contribution in [1.29, 1.82) is 0 Å². The van der Waals surface area contributed by atoms with Crippen LogP contribution in [0.4, 0.5) is 5.69 Å². The van der Waals surface area contributed by atoms with E-state index >= 15 is 0 Å². The van der Waals surface area contributed by atoms with E-state index in [1.807, 2.05) is 0 Å². The zero-order valence-corrected chi connectivity index (χ0v) is 8.71. The first-order valence-electron chi connectivity index (χ1n) is 4.35. The molecule has 0 heterocycles. The van der Waals surface area contributed by atoms with Gasteiger partial charge in [0, 0.05) is 18.5 Å². The van der Waals surface area contributed by atoms with Crippen molar-refractivity contribution < 1.29 is 9.90 Å². The monoisotopic (exact) mass is 223 g/mol. The lowest BCUT2D eigenvalue weighted by Crippen LogP contribution is -2.10. The third kappa shape index (κ3) is 3.53. The first-order valence-corrected chi connectivity index (χ1v) is 4.73. The van der Waals surface area contributed by atoms with Gasteiger partial charge in [-0.25, -0.2) is 0 Å². The zero-order chi connectivity index (χ0) is 11.3. The molecule has 1 aromatic rings. The topological polar surface area (TPSA) is 49.3 Å². The number of hydrogen-bond acceptors (Lipinski definition) is 2. The largest absolute Gasteiger partial charge is 0.506 e. The number of nitrogens with one attached hydrogen (secondary N) is 1. The Labute approximate surface area is 93.1 Å². The molecular formula is C11H10ClNO2. The molecule has 0 spiro atoms. The highest BCUT2D eigenvalue weighted by Crippen LogP contribution is 2.26. The van der Waals surface area contributed by atoms with Gasteiger partial charge >= 0.3 is 0 Å². The van der Waals surface area contributed by atoms with Crippen molar-refractivity contribution in [3.05, 3.63) is 23.2 Å². The molecule has 0 saturated heterocycles. The summed E-state index contributed by atoms with van der Waals surface area (Å²) in [6.07, 6.45) is 5.70. The SMILES string of the molecule is C#CCCC(=O)Nc1ccc(O)c(Cl)c1. The van der Waals surface area contributed by atoms with Crippen LogP contribution in [0.3, 0.4) is 0 Å². The average molecular weight is 224 g/mol. The third-order valence-electron chi connectivity index (χ3n) is 1.73. The number of carbonyl (C=O) groups is 1. The number of halogens is 1. The van der Waals surface area contributed by atoms with Crippen molar-refractivity contribution in [2.24, 2.45) is 0 Å². The molecule has 0 saturated carbocycles. The van der Waals surface area contributed by atoms with Crippen LogP contribution in [0.1, 0.15) is 12.8 Å². The second-order valence-electron chi connectivity index (χ2n) is 2.92. The van der Waals surface area contributed by atoms with E-state index in [9.17, 15) is 4.79 Å². The van der Waals surface area contributed by atoms with Gasteiger partial charge in [-0.3, -0.25) is 4.79 Å². The number of aromatic hydroxyl groups is 1. The van der Waals surface area contributed by atoms with E-state index in [1.54, 1.807) is 6.07 Å². The Bertz CT molecular complexity index is 410. The quantitative estimate of drug-likeness (QED) is 0.611. The summed E-state index contributed by atoms with van der Waals surface area (Å²) in [5.41, 5.74) is 0.542. The van der Waals surface area contributed by atoms with E-state index < -0.39 is 0 Å². The number of anilines is 1. The van der Waals surface area contributed by atoms with Crippen LogP contribution >= 0.6 is 11.6 Å². The normalized spacial score (nSPS) is 9.33. The van der Waals surface area contributed by atoms with Crippen LogP contribution in [-0.4, -0.2) is 11.0 Å². The van der Waals surface area contributed by atoms with E-state index in [2.05, 4.69) is 11.2 Å².